The lowest BCUT2D eigenvalue weighted by Crippen LogP contribution is -2.30. The molecule has 0 amide bonds. The molecule has 0 fully saturated rings. The summed E-state index contributed by atoms with van der Waals surface area (Å²) in [7, 11) is -9.95. The molecule has 0 aromatic heterocycles. The van der Waals surface area contributed by atoms with Gasteiger partial charge < -0.3 is 33.8 Å². The van der Waals surface area contributed by atoms with E-state index in [-0.39, 0.29) is 25.7 Å². The van der Waals surface area contributed by atoms with Crippen LogP contribution in [0, 0.1) is 0 Å². The van der Waals surface area contributed by atoms with Crippen LogP contribution in [-0.2, 0) is 65.4 Å². The van der Waals surface area contributed by atoms with Crippen molar-refractivity contribution in [2.45, 2.75) is 354 Å². The molecule has 19 heteroatoms. The first-order valence-electron chi connectivity index (χ1n) is 39.5. The maximum absolute atomic E-state index is 13.1. The van der Waals surface area contributed by atoms with Crippen molar-refractivity contribution in [2.75, 3.05) is 39.6 Å². The molecule has 0 aliphatic heterocycles. The van der Waals surface area contributed by atoms with E-state index in [4.69, 9.17) is 37.0 Å². The topological polar surface area (TPSA) is 237 Å². The number of phosphoric acid groups is 2. The smallest absolute Gasteiger partial charge is 0.462 e. The minimum Gasteiger partial charge on any atom is -0.462 e. The van der Waals surface area contributed by atoms with E-state index in [1.165, 1.54) is 57.8 Å². The molecule has 5 atom stereocenters. The van der Waals surface area contributed by atoms with Gasteiger partial charge in [0.2, 0.25) is 0 Å². The Morgan fingerprint density at radius 3 is 0.820 bits per heavy atom. The average Bonchev–Trinajstić information content (AvgIpc) is 1.00. The summed E-state index contributed by atoms with van der Waals surface area (Å²) >= 11 is 0. The standard InChI is InChI=1S/C81H142O17P2/c1-5-9-13-17-21-25-29-32-35-37-40-43-47-50-54-58-62-66-79(84)92-72-77(98-81(86)68-64-60-56-52-48-44-41-38-36-33-30-26-22-18-14-10-6-2)74-96-100(89,90)94-70-75(82)69-93-99(87,88)95-73-76(97-80(85)67-63-59-55-51-45-28-24-20-16-12-8-4)71-91-78(83)65-61-57-53-49-46-42-39-34-31-27-23-19-15-11-7-3/h9-10,13-14,21-23,25-27,32-36,39,75-77,82H,5-8,11-12,15-20,24,28-31,37-38,40-74H2,1-4H3,(H,87,88)(H,89,90)/b13-9-,14-10-,25-21-,26-22-,27-23-,35-32-,36-33-,39-34-. The molecule has 0 heterocycles. The quantitative estimate of drug-likeness (QED) is 0.0169. The summed E-state index contributed by atoms with van der Waals surface area (Å²) in [6, 6.07) is 0. The maximum Gasteiger partial charge on any atom is 0.472 e. The van der Waals surface area contributed by atoms with Gasteiger partial charge >= 0.3 is 39.5 Å². The van der Waals surface area contributed by atoms with Gasteiger partial charge in [-0.15, -0.1) is 0 Å². The van der Waals surface area contributed by atoms with Gasteiger partial charge in [0, 0.05) is 25.7 Å². The fraction of sp³-hybridized carbons (Fsp3) is 0.753. The molecule has 0 spiro atoms. The second kappa shape index (κ2) is 73.3. The first-order valence-corrected chi connectivity index (χ1v) is 42.5. The Hall–Kier alpha value is -4.02. The SMILES string of the molecule is CC/C=C\C/C=C\C/C=C\CCCCCCCCCC(=O)OCC(COP(=O)(O)OCC(O)COP(=O)(O)OCC(COC(=O)CCCCCCC/C=C\C/C=C\CCCCC)OC(=O)CCCCCCCCCCCCC)OC(=O)CCCCCCCCC/C=C\C/C=C\C/C=C\CC. The Morgan fingerprint density at radius 1 is 0.290 bits per heavy atom. The average molecular weight is 1450 g/mol. The molecular formula is C81H142O17P2. The van der Waals surface area contributed by atoms with E-state index >= 15 is 0 Å². The molecule has 100 heavy (non-hydrogen) atoms. The summed E-state index contributed by atoms with van der Waals surface area (Å²) in [4.78, 5) is 72.9. The van der Waals surface area contributed by atoms with E-state index in [1.807, 2.05) is 0 Å². The number of allylic oxidation sites excluding steroid dienone is 16. The van der Waals surface area contributed by atoms with Crippen molar-refractivity contribution in [1.29, 1.82) is 0 Å². The number of carbonyl (C=O) groups excluding carboxylic acids is 4. The van der Waals surface area contributed by atoms with Crippen LogP contribution < -0.4 is 0 Å². The monoisotopic (exact) mass is 1450 g/mol. The van der Waals surface area contributed by atoms with E-state index in [2.05, 4.69) is 125 Å². The minimum atomic E-state index is -4.98. The molecule has 0 radical (unpaired) electrons. The Balaban J connectivity index is 5.34. The third-order valence-corrected chi connectivity index (χ3v) is 18.4. The molecule has 5 unspecified atom stereocenters. The van der Waals surface area contributed by atoms with Crippen LogP contribution in [0.2, 0.25) is 0 Å². The molecule has 0 aliphatic carbocycles. The predicted octanol–water partition coefficient (Wildman–Crippen LogP) is 22.8. The number of unbranched alkanes of at least 4 members (excludes halogenated alkanes) is 32. The van der Waals surface area contributed by atoms with Crippen LogP contribution >= 0.6 is 15.6 Å². The van der Waals surface area contributed by atoms with Gasteiger partial charge in [-0.05, 0) is 122 Å². The van der Waals surface area contributed by atoms with Crippen LogP contribution in [0.3, 0.4) is 0 Å². The van der Waals surface area contributed by atoms with Crippen LogP contribution in [0.25, 0.3) is 0 Å². The Bertz CT molecular complexity index is 2270. The van der Waals surface area contributed by atoms with Gasteiger partial charge in [-0.2, -0.15) is 0 Å². The summed E-state index contributed by atoms with van der Waals surface area (Å²) in [5.74, 6) is -2.19. The Labute approximate surface area is 607 Å². The summed E-state index contributed by atoms with van der Waals surface area (Å²) in [5, 5.41) is 10.6. The van der Waals surface area contributed by atoms with Crippen LogP contribution in [0.15, 0.2) is 97.2 Å². The number of aliphatic hydroxyl groups excluding tert-OH is 1. The molecule has 0 aromatic rings. The number of aliphatic hydroxyl groups is 1. The van der Waals surface area contributed by atoms with E-state index in [0.29, 0.717) is 25.7 Å². The Morgan fingerprint density at radius 2 is 0.520 bits per heavy atom. The van der Waals surface area contributed by atoms with Gasteiger partial charge in [0.25, 0.3) is 0 Å². The highest BCUT2D eigenvalue weighted by Crippen LogP contribution is 2.45. The molecule has 0 aromatic carbocycles. The summed E-state index contributed by atoms with van der Waals surface area (Å²) in [5.41, 5.74) is 0. The van der Waals surface area contributed by atoms with Crippen molar-refractivity contribution in [3.8, 4) is 0 Å². The zero-order valence-corrected chi connectivity index (χ0v) is 64.9. The number of phosphoric ester groups is 2. The molecule has 0 aliphatic rings. The highest BCUT2D eigenvalue weighted by atomic mass is 31.2. The van der Waals surface area contributed by atoms with Crippen molar-refractivity contribution in [3.63, 3.8) is 0 Å². The summed E-state index contributed by atoms with van der Waals surface area (Å²) in [6.45, 7) is 4.62. The lowest BCUT2D eigenvalue weighted by atomic mass is 10.1. The number of ether oxygens (including phenoxy) is 4. The molecule has 17 nitrogen and oxygen atoms in total. The fourth-order valence-corrected chi connectivity index (χ4v) is 12.2. The molecule has 578 valence electrons. The fourth-order valence-electron chi connectivity index (χ4n) is 10.6. The second-order valence-corrected chi connectivity index (χ2v) is 29.2. The maximum atomic E-state index is 13.1. The predicted molar refractivity (Wildman–Crippen MR) is 409 cm³/mol. The highest BCUT2D eigenvalue weighted by molar-refractivity contribution is 7.47. The van der Waals surface area contributed by atoms with Gasteiger partial charge in [-0.1, -0.05) is 285 Å². The summed E-state index contributed by atoms with van der Waals surface area (Å²) < 4.78 is 68.5. The van der Waals surface area contributed by atoms with Crippen molar-refractivity contribution in [1.82, 2.24) is 0 Å². The van der Waals surface area contributed by atoms with Crippen LogP contribution in [0.4, 0.5) is 0 Å². The van der Waals surface area contributed by atoms with Crippen molar-refractivity contribution >= 4 is 39.5 Å². The minimum absolute atomic E-state index is 0.0815. The van der Waals surface area contributed by atoms with Gasteiger partial charge in [-0.25, -0.2) is 9.13 Å². The number of hydrogen-bond donors (Lipinski definition) is 3. The van der Waals surface area contributed by atoms with Crippen LogP contribution in [0.1, 0.15) is 336 Å². The summed E-state index contributed by atoms with van der Waals surface area (Å²) in [6.07, 6.45) is 76.7. The molecular weight excluding hydrogens is 1310 g/mol. The van der Waals surface area contributed by atoms with E-state index < -0.39 is 97.5 Å². The molecule has 0 bridgehead atoms. The van der Waals surface area contributed by atoms with Gasteiger partial charge in [0.15, 0.2) is 12.2 Å². The normalized spacial score (nSPS) is 14.4. The van der Waals surface area contributed by atoms with Crippen LogP contribution in [-0.4, -0.2) is 96.7 Å². The number of hydrogen-bond acceptors (Lipinski definition) is 15. The third-order valence-electron chi connectivity index (χ3n) is 16.5. The third kappa shape index (κ3) is 72.3. The number of esters is 4. The van der Waals surface area contributed by atoms with E-state index in [0.717, 1.165) is 199 Å². The second-order valence-electron chi connectivity index (χ2n) is 26.2. The molecule has 0 rings (SSSR count). The number of carbonyl (C=O) groups is 4. The van der Waals surface area contributed by atoms with Crippen molar-refractivity contribution in [3.05, 3.63) is 97.2 Å². The highest BCUT2D eigenvalue weighted by Gasteiger charge is 2.30. The first kappa shape index (κ1) is 96.0. The lowest BCUT2D eigenvalue weighted by molar-refractivity contribution is -0.161. The van der Waals surface area contributed by atoms with E-state index in [9.17, 15) is 43.2 Å². The molecule has 0 saturated carbocycles. The zero-order chi connectivity index (χ0) is 73.2. The van der Waals surface area contributed by atoms with Gasteiger partial charge in [0.1, 0.15) is 19.3 Å². The van der Waals surface area contributed by atoms with Gasteiger partial charge in [-0.3, -0.25) is 37.3 Å². The largest absolute Gasteiger partial charge is 0.472 e. The van der Waals surface area contributed by atoms with E-state index in [1.54, 1.807) is 0 Å². The van der Waals surface area contributed by atoms with Crippen LogP contribution in [0.5, 0.6) is 0 Å². The van der Waals surface area contributed by atoms with Crippen molar-refractivity contribution in [2.24, 2.45) is 0 Å². The zero-order valence-electron chi connectivity index (χ0n) is 63.1. The molecule has 0 saturated heterocycles. The lowest BCUT2D eigenvalue weighted by Gasteiger charge is -2.21. The number of rotatable bonds is 74. The Kier molecular flexibility index (Phi) is 70.4. The van der Waals surface area contributed by atoms with Crippen molar-refractivity contribution < 1.29 is 80.2 Å². The molecule has 3 N–H and O–H groups in total. The van der Waals surface area contributed by atoms with Gasteiger partial charge in [0.05, 0.1) is 26.4 Å². The first-order chi connectivity index (χ1) is 48.7.